The fourth-order valence-corrected chi connectivity index (χ4v) is 7.87. The van der Waals surface area contributed by atoms with Crippen LogP contribution < -0.4 is 22.2 Å². The number of carboxylic acid groups (broad SMARTS) is 1. The quantitative estimate of drug-likeness (QED) is 0.140. The average molecular weight is 928 g/mol. The number of amides is 3. The van der Waals surface area contributed by atoms with Crippen molar-refractivity contribution in [2.75, 3.05) is 26.2 Å². The van der Waals surface area contributed by atoms with Gasteiger partial charge < -0.3 is 36.2 Å². The molecule has 19 heteroatoms. The Bertz CT molecular complexity index is 2940. The van der Waals surface area contributed by atoms with Crippen molar-refractivity contribution in [1.82, 2.24) is 34.2 Å². The fraction of sp³-hybridized carbons (Fsp3) is 0.304. The van der Waals surface area contributed by atoms with Crippen LogP contribution in [0.1, 0.15) is 56.8 Å². The first-order valence-electron chi connectivity index (χ1n) is 20.4. The van der Waals surface area contributed by atoms with Crippen molar-refractivity contribution in [2.45, 2.75) is 65.1 Å². The Morgan fingerprint density at radius 2 is 1.12 bits per heavy atom. The minimum absolute atomic E-state index is 0.0690. The smallest absolute Gasteiger partial charge is 0.341 e. The van der Waals surface area contributed by atoms with Crippen LogP contribution in [0.15, 0.2) is 94.8 Å². The summed E-state index contributed by atoms with van der Waals surface area (Å²) in [6.45, 7) is 8.17. The third-order valence-corrected chi connectivity index (χ3v) is 11.3. The number of nitrogens with two attached hydrogens (primary N) is 1. The lowest BCUT2D eigenvalue weighted by Gasteiger charge is -2.44. The highest BCUT2D eigenvalue weighted by atomic mass is 35.5. The van der Waals surface area contributed by atoms with Crippen molar-refractivity contribution >= 4 is 69.0 Å². The van der Waals surface area contributed by atoms with Gasteiger partial charge in [-0.15, -0.1) is 0 Å². The molecule has 17 nitrogen and oxygen atoms in total. The number of likely N-dealkylation sites (tertiary alicyclic amines) is 2. The Labute approximate surface area is 382 Å². The number of hydrogen-bond acceptors (Lipinski definition) is 11. The summed E-state index contributed by atoms with van der Waals surface area (Å²) in [4.78, 5) is 85.7. The lowest BCUT2D eigenvalue weighted by atomic mass is 9.97. The zero-order valence-corrected chi connectivity index (χ0v) is 37.6. The predicted molar refractivity (Wildman–Crippen MR) is 245 cm³/mol. The summed E-state index contributed by atoms with van der Waals surface area (Å²) >= 11 is 11.7. The molecule has 0 unspecified atom stereocenters. The SMILES string of the molecule is CC1(O)CN(C(=O)Cn2c(=O)c(C(=O)O)cc3cccnc32)C1.Cc1cc(Cl)ccc1CN.Cc1cc(Cl)ccc1CNC(=O)c1cc2cccnc2n(CC(=O)N2CC(C)(O)C2)c1=O. The molecule has 2 aliphatic heterocycles. The van der Waals surface area contributed by atoms with Crippen molar-refractivity contribution in [1.29, 1.82) is 0 Å². The molecule has 340 valence electrons. The van der Waals surface area contributed by atoms with Gasteiger partial charge in [-0.2, -0.15) is 0 Å². The zero-order valence-electron chi connectivity index (χ0n) is 36.0. The average Bonchev–Trinajstić information content (AvgIpc) is 3.23. The molecule has 2 aliphatic rings. The molecule has 6 heterocycles. The molecule has 6 N–H and O–H groups in total. The summed E-state index contributed by atoms with van der Waals surface area (Å²) in [5.74, 6) is -2.58. The van der Waals surface area contributed by atoms with E-state index in [2.05, 4.69) is 15.3 Å². The standard InChI is InChI=1S/C23H23ClN4O4.C15H15N3O5.C8H10ClN/c1-14-8-17(24)6-5-16(14)10-26-21(30)18-9-15-4-3-7-25-20(15)28(22(18)31)11-19(29)27-12-23(2,32)13-27;1-15(23)7-17(8-15)11(19)6-18-12-9(3-2-4-16-12)5-10(13(18)20)14(21)22;1-6-4-8(9)3-2-7(6)5-10/h3-9,32H,10-13H2,1-2H3,(H,26,30);2-5,23H,6-8H2,1H3,(H,21,22);2-4H,5,10H2,1H3. The summed E-state index contributed by atoms with van der Waals surface area (Å²) in [5.41, 5.74) is 6.48. The molecule has 8 rings (SSSR count). The molecule has 0 spiro atoms. The van der Waals surface area contributed by atoms with Crippen LogP contribution in [-0.2, 0) is 35.8 Å². The Morgan fingerprint density at radius 3 is 1.54 bits per heavy atom. The van der Waals surface area contributed by atoms with Crippen LogP contribution in [0.4, 0.5) is 0 Å². The lowest BCUT2D eigenvalue weighted by molar-refractivity contribution is -0.153. The molecule has 3 amide bonds. The van der Waals surface area contributed by atoms with Gasteiger partial charge in [0.1, 0.15) is 35.5 Å². The summed E-state index contributed by atoms with van der Waals surface area (Å²) < 4.78 is 2.28. The summed E-state index contributed by atoms with van der Waals surface area (Å²) in [5, 5.41) is 33.9. The van der Waals surface area contributed by atoms with E-state index in [4.69, 9.17) is 34.0 Å². The highest BCUT2D eigenvalue weighted by Crippen LogP contribution is 2.22. The van der Waals surface area contributed by atoms with E-state index in [1.165, 1.54) is 38.9 Å². The van der Waals surface area contributed by atoms with E-state index >= 15 is 0 Å². The molecule has 0 bridgehead atoms. The number of carboxylic acids is 1. The topological polar surface area (TPSA) is 243 Å². The van der Waals surface area contributed by atoms with E-state index in [1.54, 1.807) is 50.2 Å². The third-order valence-electron chi connectivity index (χ3n) is 10.9. The molecular weight excluding hydrogens is 879 g/mol. The van der Waals surface area contributed by atoms with Gasteiger partial charge in [-0.05, 0) is 111 Å². The van der Waals surface area contributed by atoms with Gasteiger partial charge in [-0.1, -0.05) is 35.3 Å². The van der Waals surface area contributed by atoms with Gasteiger partial charge in [0.2, 0.25) is 11.8 Å². The number of hydrogen-bond donors (Lipinski definition) is 5. The molecule has 2 fully saturated rings. The minimum Gasteiger partial charge on any atom is -0.477 e. The van der Waals surface area contributed by atoms with E-state index in [-0.39, 0.29) is 68.8 Å². The van der Waals surface area contributed by atoms with Gasteiger partial charge in [-0.3, -0.25) is 33.1 Å². The van der Waals surface area contributed by atoms with Gasteiger partial charge in [0.25, 0.3) is 17.0 Å². The number of nitrogens with one attached hydrogen (secondary N) is 1. The van der Waals surface area contributed by atoms with Crippen molar-refractivity contribution in [2.24, 2.45) is 5.73 Å². The molecule has 0 atom stereocenters. The van der Waals surface area contributed by atoms with Crippen LogP contribution in [0.3, 0.4) is 0 Å². The normalized spacial score (nSPS) is 14.5. The lowest BCUT2D eigenvalue weighted by Crippen LogP contribution is -2.62. The number of aromatic carboxylic acids is 1. The number of aliphatic hydroxyl groups is 2. The maximum atomic E-state index is 13.2. The molecule has 2 aromatic carbocycles. The van der Waals surface area contributed by atoms with E-state index in [0.717, 1.165) is 31.8 Å². The second kappa shape index (κ2) is 19.7. The van der Waals surface area contributed by atoms with Crippen LogP contribution >= 0.6 is 23.2 Å². The molecule has 0 aliphatic carbocycles. The van der Waals surface area contributed by atoms with E-state index in [1.807, 2.05) is 38.1 Å². The Morgan fingerprint density at radius 1 is 0.692 bits per heavy atom. The number of halogens is 2. The largest absolute Gasteiger partial charge is 0.477 e. The number of carbonyl (C=O) groups is 4. The first kappa shape index (κ1) is 48.0. The van der Waals surface area contributed by atoms with Crippen molar-refractivity contribution in [3.63, 3.8) is 0 Å². The van der Waals surface area contributed by atoms with Gasteiger partial charge >= 0.3 is 5.97 Å². The van der Waals surface area contributed by atoms with Crippen LogP contribution in [0.5, 0.6) is 0 Å². The van der Waals surface area contributed by atoms with Gasteiger partial charge in [0.15, 0.2) is 0 Å². The number of rotatable bonds is 9. The van der Waals surface area contributed by atoms with Gasteiger partial charge in [0, 0.05) is 46.3 Å². The number of fused-ring (bicyclic) bond motifs is 2. The molecule has 6 aromatic rings. The second-order valence-corrected chi connectivity index (χ2v) is 17.4. The van der Waals surface area contributed by atoms with E-state index in [0.29, 0.717) is 28.0 Å². The van der Waals surface area contributed by atoms with Crippen molar-refractivity contribution < 1.29 is 34.5 Å². The number of benzene rings is 2. The molecule has 65 heavy (non-hydrogen) atoms. The zero-order chi connectivity index (χ0) is 47.4. The molecule has 4 aromatic heterocycles. The number of β-amino-alcohol motifs (C(OH)–C–C–N with tert-alkyl or cyclic N) is 2. The van der Waals surface area contributed by atoms with E-state index in [9.17, 15) is 39.0 Å². The Hall–Kier alpha value is -6.50. The monoisotopic (exact) mass is 926 g/mol. The van der Waals surface area contributed by atoms with Crippen LogP contribution in [0.25, 0.3) is 22.1 Å². The number of nitrogens with zero attached hydrogens (tertiary/aromatic N) is 6. The van der Waals surface area contributed by atoms with Crippen LogP contribution in [0.2, 0.25) is 10.0 Å². The first-order valence-corrected chi connectivity index (χ1v) is 21.1. The van der Waals surface area contributed by atoms with Crippen LogP contribution in [-0.4, -0.2) is 105 Å². The molecular formula is C46H48Cl2N8O9. The number of aryl methyl sites for hydroxylation is 2. The fourth-order valence-electron chi connectivity index (χ4n) is 7.41. The van der Waals surface area contributed by atoms with Crippen LogP contribution in [0, 0.1) is 13.8 Å². The predicted octanol–water partition coefficient (Wildman–Crippen LogP) is 3.68. The Balaban J connectivity index is 0.000000184. The highest BCUT2D eigenvalue weighted by Gasteiger charge is 2.40. The number of carbonyl (C=O) groups excluding carboxylic acids is 3. The second-order valence-electron chi connectivity index (χ2n) is 16.6. The minimum atomic E-state index is -1.35. The Kier molecular flexibility index (Phi) is 14.5. The third kappa shape index (κ3) is 11.4. The van der Waals surface area contributed by atoms with E-state index < -0.39 is 39.8 Å². The maximum Gasteiger partial charge on any atom is 0.341 e. The van der Waals surface area contributed by atoms with Gasteiger partial charge in [-0.25, -0.2) is 14.8 Å². The molecule has 2 saturated heterocycles. The number of aromatic nitrogens is 4. The van der Waals surface area contributed by atoms with Crippen molar-refractivity contribution in [3.05, 3.63) is 149 Å². The summed E-state index contributed by atoms with van der Waals surface area (Å²) in [6.07, 6.45) is 3.00. The molecule has 0 saturated carbocycles. The first-order chi connectivity index (χ1) is 30.7. The maximum absolute atomic E-state index is 13.2. The highest BCUT2D eigenvalue weighted by molar-refractivity contribution is 6.31. The van der Waals surface area contributed by atoms with Gasteiger partial charge in [0.05, 0.1) is 37.4 Å². The summed E-state index contributed by atoms with van der Waals surface area (Å²) in [6, 6.07) is 20.5. The van der Waals surface area contributed by atoms with Crippen molar-refractivity contribution in [3.8, 4) is 0 Å². The molecule has 0 radical (unpaired) electrons. The summed E-state index contributed by atoms with van der Waals surface area (Å²) in [7, 11) is 0. The number of pyridine rings is 4.